The summed E-state index contributed by atoms with van der Waals surface area (Å²) in [5.74, 6) is 1.50. The molecule has 7 heteroatoms. The number of anilines is 1. The average Bonchev–Trinajstić information content (AvgIpc) is 2.95. The van der Waals surface area contributed by atoms with Gasteiger partial charge in [-0.2, -0.15) is 0 Å². The predicted molar refractivity (Wildman–Crippen MR) is 105 cm³/mol. The fraction of sp³-hybridized carbons (Fsp3) is 0.650. The number of nitrogens with zero attached hydrogens (tertiary/aromatic N) is 1. The van der Waals surface area contributed by atoms with Gasteiger partial charge in [-0.3, -0.25) is 4.79 Å². The van der Waals surface area contributed by atoms with Crippen LogP contribution in [0.3, 0.4) is 0 Å². The van der Waals surface area contributed by atoms with Gasteiger partial charge in [-0.25, -0.2) is 0 Å². The minimum absolute atomic E-state index is 0.123. The summed E-state index contributed by atoms with van der Waals surface area (Å²) in [4.78, 5) is 15.0. The van der Waals surface area contributed by atoms with Crippen molar-refractivity contribution in [3.8, 4) is 5.75 Å². The molecule has 148 valence electrons. The normalized spacial score (nSPS) is 28.5. The summed E-state index contributed by atoms with van der Waals surface area (Å²) in [7, 11) is -0.0377. The van der Waals surface area contributed by atoms with Crippen molar-refractivity contribution in [1.82, 2.24) is 0 Å². The highest BCUT2D eigenvalue weighted by molar-refractivity contribution is 6.71. The quantitative estimate of drug-likeness (QED) is 0.424. The van der Waals surface area contributed by atoms with E-state index in [0.717, 1.165) is 35.9 Å². The van der Waals surface area contributed by atoms with Crippen molar-refractivity contribution in [3.63, 3.8) is 0 Å². The Hall–Kier alpha value is -1.41. The van der Waals surface area contributed by atoms with Gasteiger partial charge in [0, 0.05) is 19.2 Å². The van der Waals surface area contributed by atoms with E-state index in [-0.39, 0.29) is 24.8 Å². The molecule has 3 heterocycles. The van der Waals surface area contributed by atoms with Gasteiger partial charge in [-0.1, -0.05) is 0 Å². The van der Waals surface area contributed by atoms with E-state index in [1.165, 1.54) is 0 Å². The molecule has 0 aliphatic carbocycles. The van der Waals surface area contributed by atoms with Crippen LogP contribution in [0.15, 0.2) is 18.2 Å². The number of ether oxygens (including phenoxy) is 3. The van der Waals surface area contributed by atoms with E-state index in [4.69, 9.17) is 18.6 Å². The molecule has 0 N–H and O–H groups in total. The first-order chi connectivity index (χ1) is 13.0. The molecule has 27 heavy (non-hydrogen) atoms. The second kappa shape index (κ2) is 7.54. The first-order valence-electron chi connectivity index (χ1n) is 9.79. The molecule has 3 aliphatic heterocycles. The fourth-order valence-electron chi connectivity index (χ4n) is 4.82. The fourth-order valence-corrected chi connectivity index (χ4v) is 7.69. The predicted octanol–water partition coefficient (Wildman–Crippen LogP) is 2.96. The third-order valence-electron chi connectivity index (χ3n) is 5.79. The van der Waals surface area contributed by atoms with E-state index in [2.05, 4.69) is 13.1 Å². The lowest BCUT2D eigenvalue weighted by Gasteiger charge is -2.40. The van der Waals surface area contributed by atoms with Crippen LogP contribution in [0.1, 0.15) is 18.4 Å². The van der Waals surface area contributed by atoms with E-state index in [1.807, 2.05) is 23.1 Å². The molecule has 0 unspecified atom stereocenters. The number of fused-ring (bicyclic) bond motifs is 6. The van der Waals surface area contributed by atoms with E-state index in [1.54, 1.807) is 7.11 Å². The number of amides is 1. The lowest BCUT2D eigenvalue weighted by atomic mass is 9.96. The van der Waals surface area contributed by atoms with Gasteiger partial charge in [0.05, 0.1) is 25.4 Å². The zero-order valence-electron chi connectivity index (χ0n) is 16.4. The summed E-state index contributed by atoms with van der Waals surface area (Å²) < 4.78 is 22.5. The molecule has 6 nitrogen and oxygen atoms in total. The molecule has 0 radical (unpaired) electrons. The first kappa shape index (κ1) is 18.9. The van der Waals surface area contributed by atoms with Crippen molar-refractivity contribution >= 4 is 19.9 Å². The van der Waals surface area contributed by atoms with Crippen molar-refractivity contribution in [2.45, 2.75) is 50.5 Å². The molecule has 3 aliphatic rings. The smallest absolute Gasteiger partial charge is 0.227 e. The van der Waals surface area contributed by atoms with E-state index in [0.29, 0.717) is 25.6 Å². The van der Waals surface area contributed by atoms with Crippen molar-refractivity contribution in [2.24, 2.45) is 5.92 Å². The number of hydrogen-bond acceptors (Lipinski definition) is 5. The van der Waals surface area contributed by atoms with Crippen LogP contribution in [0.4, 0.5) is 5.69 Å². The Morgan fingerprint density at radius 3 is 2.93 bits per heavy atom. The van der Waals surface area contributed by atoms with Crippen LogP contribution in [0, 0.1) is 5.92 Å². The number of rotatable bonds is 6. The van der Waals surface area contributed by atoms with Gasteiger partial charge in [-0.15, -0.1) is 0 Å². The topological polar surface area (TPSA) is 57.2 Å². The molecule has 2 bridgehead atoms. The van der Waals surface area contributed by atoms with Gasteiger partial charge in [0.25, 0.3) is 0 Å². The molecule has 0 spiro atoms. The van der Waals surface area contributed by atoms with Crippen LogP contribution in [0.2, 0.25) is 19.1 Å². The highest BCUT2D eigenvalue weighted by Crippen LogP contribution is 2.45. The van der Waals surface area contributed by atoms with Crippen LogP contribution in [0.25, 0.3) is 0 Å². The standard InChI is InChI=1S/C20H29NO5Si/c1-23-6-7-24-13-25-16-4-5-17-15(10-16)11-18-19-8-14(9-20(22)21(17)18)12-27(2,3)26-19/h4-5,10,14,18-19H,6-9,11-13H2,1-3H3/t14-,18+,19-/m1/s1. The van der Waals surface area contributed by atoms with Crippen LogP contribution in [-0.2, 0) is 25.1 Å². The Balaban J connectivity index is 1.49. The summed E-state index contributed by atoms with van der Waals surface area (Å²) in [6.45, 7) is 5.81. The Kier molecular flexibility index (Phi) is 5.29. The van der Waals surface area contributed by atoms with E-state index < -0.39 is 8.32 Å². The maximum absolute atomic E-state index is 13.0. The number of carbonyl (C=O) groups excluding carboxylic acids is 1. The Morgan fingerprint density at radius 1 is 1.26 bits per heavy atom. The van der Waals surface area contributed by atoms with E-state index >= 15 is 0 Å². The lowest BCUT2D eigenvalue weighted by Crippen LogP contribution is -2.50. The maximum Gasteiger partial charge on any atom is 0.227 e. The maximum atomic E-state index is 13.0. The molecule has 1 aromatic rings. The molecule has 0 aromatic heterocycles. The van der Waals surface area contributed by atoms with Gasteiger partial charge in [0.2, 0.25) is 5.91 Å². The largest absolute Gasteiger partial charge is 0.468 e. The Labute approximate surface area is 161 Å². The highest BCUT2D eigenvalue weighted by atomic mass is 28.4. The lowest BCUT2D eigenvalue weighted by molar-refractivity contribution is -0.119. The number of hydrogen-bond donors (Lipinski definition) is 0. The monoisotopic (exact) mass is 391 g/mol. The third-order valence-corrected chi connectivity index (χ3v) is 8.29. The summed E-state index contributed by atoms with van der Waals surface area (Å²) >= 11 is 0. The zero-order chi connectivity index (χ0) is 19.0. The average molecular weight is 392 g/mol. The van der Waals surface area contributed by atoms with E-state index in [9.17, 15) is 4.79 Å². The zero-order valence-corrected chi connectivity index (χ0v) is 17.4. The Morgan fingerprint density at radius 2 is 2.11 bits per heavy atom. The van der Waals surface area contributed by atoms with Gasteiger partial charge in [0.15, 0.2) is 15.1 Å². The minimum Gasteiger partial charge on any atom is -0.468 e. The Bertz CT molecular complexity index is 710. The molecule has 3 atom stereocenters. The summed E-state index contributed by atoms with van der Waals surface area (Å²) in [5.41, 5.74) is 2.18. The molecular formula is C20H29NO5Si. The second-order valence-electron chi connectivity index (χ2n) is 8.41. The number of carbonyl (C=O) groups is 1. The summed E-state index contributed by atoms with van der Waals surface area (Å²) in [6.07, 6.45) is 2.65. The molecule has 4 rings (SSSR count). The van der Waals surface area contributed by atoms with Gasteiger partial charge < -0.3 is 23.5 Å². The van der Waals surface area contributed by atoms with Crippen molar-refractivity contribution in [3.05, 3.63) is 23.8 Å². The summed E-state index contributed by atoms with van der Waals surface area (Å²) in [6, 6.07) is 7.19. The van der Waals surface area contributed by atoms with Gasteiger partial charge in [-0.05, 0) is 61.7 Å². The molecule has 0 saturated carbocycles. The number of benzene rings is 1. The van der Waals surface area contributed by atoms with Crippen LogP contribution in [-0.4, -0.2) is 53.5 Å². The molecule has 2 fully saturated rings. The SMILES string of the molecule is COCCOCOc1ccc2c(c1)C[C@H]1[C@H]3C[C@H](CC(=O)N21)C[Si](C)(C)O3. The first-order valence-corrected chi connectivity index (χ1v) is 12.9. The molecule has 2 saturated heterocycles. The van der Waals surface area contributed by atoms with Crippen molar-refractivity contribution in [1.29, 1.82) is 0 Å². The van der Waals surface area contributed by atoms with Crippen LogP contribution in [0.5, 0.6) is 5.75 Å². The van der Waals surface area contributed by atoms with Crippen LogP contribution >= 0.6 is 0 Å². The van der Waals surface area contributed by atoms with Crippen LogP contribution < -0.4 is 9.64 Å². The molecule has 1 amide bonds. The summed E-state index contributed by atoms with van der Waals surface area (Å²) in [5, 5.41) is 0. The highest BCUT2D eigenvalue weighted by Gasteiger charge is 2.49. The molecule has 1 aromatic carbocycles. The second-order valence-corrected chi connectivity index (χ2v) is 12.6. The minimum atomic E-state index is -1.68. The number of methoxy groups -OCH3 is 1. The molecular weight excluding hydrogens is 362 g/mol. The van der Waals surface area contributed by atoms with Gasteiger partial charge >= 0.3 is 0 Å². The van der Waals surface area contributed by atoms with Crippen molar-refractivity contribution < 1.29 is 23.4 Å². The van der Waals surface area contributed by atoms with Gasteiger partial charge in [0.1, 0.15) is 5.75 Å². The van der Waals surface area contributed by atoms with Crippen molar-refractivity contribution in [2.75, 3.05) is 32.0 Å². The third kappa shape index (κ3) is 3.92.